The second kappa shape index (κ2) is 10.4. The largest absolute Gasteiger partial charge is 0.492 e. The van der Waals surface area contributed by atoms with Gasteiger partial charge in [0.25, 0.3) is 0 Å². The van der Waals surface area contributed by atoms with Crippen molar-refractivity contribution in [1.29, 1.82) is 5.41 Å². The number of benzene rings is 1. The summed E-state index contributed by atoms with van der Waals surface area (Å²) in [6, 6.07) is 13.8. The fraction of sp³-hybridized carbons (Fsp3) is 0.231. The van der Waals surface area contributed by atoms with Gasteiger partial charge in [-0.3, -0.25) is 4.40 Å². The van der Waals surface area contributed by atoms with Crippen LogP contribution in [0, 0.1) is 5.41 Å². The zero-order valence-corrected chi connectivity index (χ0v) is 20.1. The molecule has 35 heavy (non-hydrogen) atoms. The molecule has 9 nitrogen and oxygen atoms in total. The van der Waals surface area contributed by atoms with Crippen LogP contribution in [0.1, 0.15) is 25.0 Å². The molecule has 0 atom stereocenters. The van der Waals surface area contributed by atoms with Crippen molar-refractivity contribution in [1.82, 2.24) is 24.7 Å². The maximum Gasteiger partial charge on any atom is 0.140 e. The highest BCUT2D eigenvalue weighted by atomic mass is 16.5. The SMILES string of the molecule is CN/C=C(\C=N)c1ccc(CNc2cc(-c3cnc4cc(OCC(C)(C)N)ccn34)ncn2)cc1. The molecule has 0 amide bonds. The highest BCUT2D eigenvalue weighted by Gasteiger charge is 2.13. The van der Waals surface area contributed by atoms with E-state index >= 15 is 0 Å². The number of rotatable bonds is 10. The van der Waals surface area contributed by atoms with E-state index in [1.807, 2.05) is 74.0 Å². The minimum absolute atomic E-state index is 0.411. The predicted octanol–water partition coefficient (Wildman–Crippen LogP) is 3.73. The molecular weight excluding hydrogens is 440 g/mol. The van der Waals surface area contributed by atoms with Crippen LogP contribution >= 0.6 is 0 Å². The topological polar surface area (TPSA) is 126 Å². The normalized spacial score (nSPS) is 11.9. The fourth-order valence-electron chi connectivity index (χ4n) is 3.48. The number of hydrogen-bond donors (Lipinski definition) is 4. The van der Waals surface area contributed by atoms with Crippen LogP contribution in [0.4, 0.5) is 5.82 Å². The molecular formula is C26H30N8O. The Morgan fingerprint density at radius 3 is 2.66 bits per heavy atom. The molecule has 3 heterocycles. The van der Waals surface area contributed by atoms with E-state index in [1.165, 1.54) is 6.21 Å². The predicted molar refractivity (Wildman–Crippen MR) is 140 cm³/mol. The lowest BCUT2D eigenvalue weighted by atomic mass is 10.1. The lowest BCUT2D eigenvalue weighted by Gasteiger charge is -2.19. The van der Waals surface area contributed by atoms with E-state index in [9.17, 15) is 0 Å². The van der Waals surface area contributed by atoms with Crippen molar-refractivity contribution < 1.29 is 4.74 Å². The van der Waals surface area contributed by atoms with Gasteiger partial charge in [0.2, 0.25) is 0 Å². The van der Waals surface area contributed by atoms with E-state index in [0.29, 0.717) is 13.2 Å². The molecule has 0 bridgehead atoms. The van der Waals surface area contributed by atoms with Gasteiger partial charge >= 0.3 is 0 Å². The van der Waals surface area contributed by atoms with Crippen LogP contribution in [0.15, 0.2) is 67.4 Å². The molecule has 3 aromatic heterocycles. The first-order valence-corrected chi connectivity index (χ1v) is 11.3. The molecule has 0 spiro atoms. The number of hydrogen-bond acceptors (Lipinski definition) is 8. The summed E-state index contributed by atoms with van der Waals surface area (Å²) in [5.74, 6) is 1.44. The molecule has 9 heteroatoms. The molecule has 4 rings (SSSR count). The molecule has 0 radical (unpaired) electrons. The number of nitrogens with zero attached hydrogens (tertiary/aromatic N) is 4. The summed E-state index contributed by atoms with van der Waals surface area (Å²) < 4.78 is 7.76. The Bertz CT molecular complexity index is 1340. The minimum Gasteiger partial charge on any atom is -0.492 e. The molecule has 1 aromatic carbocycles. The van der Waals surface area contributed by atoms with Gasteiger partial charge < -0.3 is 26.5 Å². The summed E-state index contributed by atoms with van der Waals surface area (Å²) >= 11 is 0. The van der Waals surface area contributed by atoms with Crippen molar-refractivity contribution in [3.63, 3.8) is 0 Å². The number of ether oxygens (including phenoxy) is 1. The summed E-state index contributed by atoms with van der Waals surface area (Å²) in [4.78, 5) is 13.3. The van der Waals surface area contributed by atoms with E-state index < -0.39 is 5.54 Å². The Kier molecular flexibility index (Phi) is 7.07. The van der Waals surface area contributed by atoms with Gasteiger partial charge in [-0.1, -0.05) is 24.3 Å². The van der Waals surface area contributed by atoms with Gasteiger partial charge in [0.1, 0.15) is 30.1 Å². The van der Waals surface area contributed by atoms with Gasteiger partial charge in [-0.15, -0.1) is 0 Å². The minimum atomic E-state index is -0.411. The van der Waals surface area contributed by atoms with E-state index in [1.54, 1.807) is 18.7 Å². The lowest BCUT2D eigenvalue weighted by Crippen LogP contribution is -2.38. The van der Waals surface area contributed by atoms with Gasteiger partial charge in [0, 0.05) is 55.4 Å². The standard InChI is InChI=1S/C26H30N8O/c1-26(2,28)16-35-21-8-9-34-23(15-31-25(34)10-21)22-11-24(33-17-32-22)30-13-18-4-6-19(7-5-18)20(12-27)14-29-3/h4-12,14-15,17,27,29H,13,16,28H2,1-3H3,(H,30,32,33)/b20-14+,27-12?. The van der Waals surface area contributed by atoms with Crippen LogP contribution < -0.4 is 21.1 Å². The first kappa shape index (κ1) is 23.9. The smallest absolute Gasteiger partial charge is 0.140 e. The van der Waals surface area contributed by atoms with Gasteiger partial charge in [0.15, 0.2) is 0 Å². The maximum atomic E-state index is 7.55. The van der Waals surface area contributed by atoms with Gasteiger partial charge in [-0.25, -0.2) is 15.0 Å². The van der Waals surface area contributed by atoms with Gasteiger partial charge in [0.05, 0.1) is 17.6 Å². The van der Waals surface area contributed by atoms with E-state index in [-0.39, 0.29) is 0 Å². The molecule has 4 aromatic rings. The van der Waals surface area contributed by atoms with Crippen molar-refractivity contribution in [2.45, 2.75) is 25.9 Å². The number of nitrogens with one attached hydrogen (secondary N) is 3. The van der Waals surface area contributed by atoms with E-state index in [4.69, 9.17) is 15.9 Å². The van der Waals surface area contributed by atoms with Crippen molar-refractivity contribution in [3.05, 3.63) is 78.5 Å². The van der Waals surface area contributed by atoms with Crippen molar-refractivity contribution in [2.24, 2.45) is 5.73 Å². The van der Waals surface area contributed by atoms with E-state index in [2.05, 4.69) is 25.6 Å². The third-order valence-corrected chi connectivity index (χ3v) is 5.24. The number of anilines is 1. The van der Waals surface area contributed by atoms with Crippen LogP contribution in [-0.2, 0) is 6.54 Å². The second-order valence-corrected chi connectivity index (χ2v) is 8.88. The summed E-state index contributed by atoms with van der Waals surface area (Å²) in [5, 5.41) is 13.9. The average molecular weight is 471 g/mol. The van der Waals surface area contributed by atoms with Crippen LogP contribution in [-0.4, -0.2) is 44.8 Å². The van der Waals surface area contributed by atoms with Crippen LogP contribution in [0.5, 0.6) is 5.75 Å². The third kappa shape index (κ3) is 6.01. The first-order valence-electron chi connectivity index (χ1n) is 11.3. The Hall–Kier alpha value is -4.24. The Morgan fingerprint density at radius 2 is 1.94 bits per heavy atom. The van der Waals surface area contributed by atoms with Crippen LogP contribution in [0.25, 0.3) is 22.6 Å². The fourth-order valence-corrected chi connectivity index (χ4v) is 3.48. The van der Waals surface area contributed by atoms with Crippen molar-refractivity contribution in [3.8, 4) is 17.1 Å². The van der Waals surface area contributed by atoms with Crippen LogP contribution in [0.2, 0.25) is 0 Å². The van der Waals surface area contributed by atoms with Crippen LogP contribution in [0.3, 0.4) is 0 Å². The number of pyridine rings is 1. The average Bonchev–Trinajstić information content (AvgIpc) is 3.28. The summed E-state index contributed by atoms with van der Waals surface area (Å²) in [6.45, 7) is 4.87. The summed E-state index contributed by atoms with van der Waals surface area (Å²) in [5.41, 5.74) is 10.9. The summed E-state index contributed by atoms with van der Waals surface area (Å²) in [6.07, 6.45) is 8.38. The zero-order chi connectivity index (χ0) is 24.8. The molecule has 0 saturated carbocycles. The van der Waals surface area contributed by atoms with Gasteiger partial charge in [-0.2, -0.15) is 0 Å². The quantitative estimate of drug-likeness (QED) is 0.260. The molecule has 0 aliphatic rings. The number of nitrogens with two attached hydrogens (primary N) is 1. The molecule has 5 N–H and O–H groups in total. The lowest BCUT2D eigenvalue weighted by molar-refractivity contribution is 0.243. The monoisotopic (exact) mass is 470 g/mol. The maximum absolute atomic E-state index is 7.55. The Balaban J connectivity index is 1.46. The Morgan fingerprint density at radius 1 is 1.14 bits per heavy atom. The number of fused-ring (bicyclic) bond motifs is 1. The van der Waals surface area contributed by atoms with Crippen molar-refractivity contribution in [2.75, 3.05) is 19.0 Å². The van der Waals surface area contributed by atoms with Crippen molar-refractivity contribution >= 4 is 23.3 Å². The molecule has 0 fully saturated rings. The molecule has 180 valence electrons. The molecule has 0 unspecified atom stereocenters. The molecule has 0 aliphatic carbocycles. The highest BCUT2D eigenvalue weighted by molar-refractivity contribution is 6.08. The third-order valence-electron chi connectivity index (χ3n) is 5.24. The second-order valence-electron chi connectivity index (χ2n) is 8.88. The number of imidazole rings is 1. The number of allylic oxidation sites excluding steroid dienone is 1. The first-order chi connectivity index (χ1) is 16.9. The zero-order valence-electron chi connectivity index (χ0n) is 20.1. The Labute approximate surface area is 204 Å². The number of aromatic nitrogens is 4. The summed E-state index contributed by atoms with van der Waals surface area (Å²) in [7, 11) is 1.82. The van der Waals surface area contributed by atoms with E-state index in [0.717, 1.165) is 45.3 Å². The van der Waals surface area contributed by atoms with Gasteiger partial charge in [-0.05, 0) is 31.0 Å². The highest BCUT2D eigenvalue weighted by Crippen LogP contribution is 2.23. The molecule has 0 aliphatic heterocycles. The molecule has 0 saturated heterocycles.